The zero-order chi connectivity index (χ0) is 18.9. The minimum Gasteiger partial charge on any atom is -0.456 e. The monoisotopic (exact) mass is 385 g/mol. The number of thioether (sulfide) groups is 1. The molecule has 0 radical (unpaired) electrons. The summed E-state index contributed by atoms with van der Waals surface area (Å²) in [6.07, 6.45) is 8.63. The van der Waals surface area contributed by atoms with Crippen molar-refractivity contribution in [2.75, 3.05) is 37.0 Å². The van der Waals surface area contributed by atoms with E-state index in [1.54, 1.807) is 12.4 Å². The highest BCUT2D eigenvalue weighted by Gasteiger charge is 2.24. The molecule has 1 saturated heterocycles. The van der Waals surface area contributed by atoms with Crippen LogP contribution in [-0.2, 0) is 4.79 Å². The molecule has 0 aliphatic carbocycles. The fraction of sp³-hybridized carbons (Fsp3) is 0.429. The van der Waals surface area contributed by atoms with Gasteiger partial charge in [0.25, 0.3) is 0 Å². The highest BCUT2D eigenvalue weighted by molar-refractivity contribution is 7.98. The predicted octanol–water partition coefficient (Wildman–Crippen LogP) is 4.28. The summed E-state index contributed by atoms with van der Waals surface area (Å²) in [7, 11) is 0. The average Bonchev–Trinajstić information content (AvgIpc) is 2.71. The second-order valence-corrected chi connectivity index (χ2v) is 7.75. The molecule has 1 aliphatic heterocycles. The van der Waals surface area contributed by atoms with Crippen LogP contribution in [0.25, 0.3) is 0 Å². The van der Waals surface area contributed by atoms with Gasteiger partial charge >= 0.3 is 0 Å². The fourth-order valence-electron chi connectivity index (χ4n) is 3.25. The highest BCUT2D eigenvalue weighted by atomic mass is 32.2. The maximum absolute atomic E-state index is 12.5. The lowest BCUT2D eigenvalue weighted by Gasteiger charge is -2.31. The Kier molecular flexibility index (Phi) is 7.54. The van der Waals surface area contributed by atoms with Crippen molar-refractivity contribution >= 4 is 23.4 Å². The number of carbonyl (C=O) groups excluding carboxylic acids is 1. The molecule has 1 aliphatic rings. The Labute approximate surface area is 165 Å². The van der Waals surface area contributed by atoms with E-state index in [0.717, 1.165) is 43.9 Å². The van der Waals surface area contributed by atoms with Crippen molar-refractivity contribution < 1.29 is 9.53 Å². The molecule has 2 aromatic rings. The van der Waals surface area contributed by atoms with Gasteiger partial charge in [-0.2, -0.15) is 11.8 Å². The third kappa shape index (κ3) is 6.26. The van der Waals surface area contributed by atoms with E-state index in [4.69, 9.17) is 4.74 Å². The maximum atomic E-state index is 12.5. The zero-order valence-electron chi connectivity index (χ0n) is 15.8. The molecule has 0 atom stereocenters. The number of nitrogens with zero attached hydrogens (tertiary/aromatic N) is 2. The summed E-state index contributed by atoms with van der Waals surface area (Å²) in [6.45, 7) is 3.18. The molecule has 1 N–H and O–H groups in total. The van der Waals surface area contributed by atoms with E-state index in [-0.39, 0.29) is 11.8 Å². The lowest BCUT2D eigenvalue weighted by molar-refractivity contribution is -0.121. The molecule has 1 amide bonds. The van der Waals surface area contributed by atoms with Gasteiger partial charge in [-0.3, -0.25) is 9.78 Å². The number of hydrogen-bond donors (Lipinski definition) is 1. The second kappa shape index (κ2) is 10.3. The molecule has 0 spiro atoms. The molecule has 6 heteroatoms. The summed E-state index contributed by atoms with van der Waals surface area (Å²) < 4.78 is 5.72. The molecule has 3 rings (SSSR count). The zero-order valence-corrected chi connectivity index (χ0v) is 16.6. The number of anilines is 1. The van der Waals surface area contributed by atoms with Gasteiger partial charge in [-0.15, -0.1) is 0 Å². The Morgan fingerprint density at radius 2 is 2.00 bits per heavy atom. The van der Waals surface area contributed by atoms with E-state index in [9.17, 15) is 4.79 Å². The summed E-state index contributed by atoms with van der Waals surface area (Å²) in [5, 5.41) is 3.04. The topological polar surface area (TPSA) is 54.5 Å². The second-order valence-electron chi connectivity index (χ2n) is 6.77. The lowest BCUT2D eigenvalue weighted by Crippen LogP contribution is -2.38. The number of aromatic nitrogens is 1. The molecule has 1 aromatic heterocycles. The predicted molar refractivity (Wildman–Crippen MR) is 112 cm³/mol. The van der Waals surface area contributed by atoms with E-state index in [0.29, 0.717) is 5.75 Å². The standard InChI is InChI=1S/C21H27N3O2S/c1-27-15-3-12-24-13-9-17(10-14-24)21(25)23-18-5-7-19(8-6-18)26-20-4-2-11-22-16-20/h2,4-8,11,16-17H,3,9-10,12-15H2,1H3,(H,23,25). The Morgan fingerprint density at radius 3 is 2.67 bits per heavy atom. The Morgan fingerprint density at radius 1 is 1.22 bits per heavy atom. The van der Waals surface area contributed by atoms with Crippen LogP contribution in [0.15, 0.2) is 48.8 Å². The SMILES string of the molecule is CSCCCN1CCC(C(=O)Nc2ccc(Oc3cccnc3)cc2)CC1. The molecule has 27 heavy (non-hydrogen) atoms. The summed E-state index contributed by atoms with van der Waals surface area (Å²) in [4.78, 5) is 19.0. The normalized spacial score (nSPS) is 15.4. The van der Waals surface area contributed by atoms with Crippen LogP contribution in [0.5, 0.6) is 11.5 Å². The molecule has 144 valence electrons. The summed E-state index contributed by atoms with van der Waals surface area (Å²) in [5.74, 6) is 2.85. The molecule has 0 saturated carbocycles. The van der Waals surface area contributed by atoms with Gasteiger partial charge in [0.2, 0.25) is 5.91 Å². The molecule has 0 unspecified atom stereocenters. The van der Waals surface area contributed by atoms with Crippen LogP contribution in [0.2, 0.25) is 0 Å². The Balaban J connectivity index is 1.44. The summed E-state index contributed by atoms with van der Waals surface area (Å²) in [6, 6.07) is 11.2. The summed E-state index contributed by atoms with van der Waals surface area (Å²) in [5.41, 5.74) is 0.806. The van der Waals surface area contributed by atoms with Crippen molar-refractivity contribution in [1.29, 1.82) is 0 Å². The minimum atomic E-state index is 0.105. The molecular formula is C21H27N3O2S. The van der Waals surface area contributed by atoms with Crippen LogP contribution >= 0.6 is 11.8 Å². The van der Waals surface area contributed by atoms with Gasteiger partial charge in [-0.1, -0.05) is 0 Å². The Hall–Kier alpha value is -2.05. The van der Waals surface area contributed by atoms with Crippen LogP contribution in [0.1, 0.15) is 19.3 Å². The number of amides is 1. The number of carbonyl (C=O) groups is 1. The molecule has 0 bridgehead atoms. The van der Waals surface area contributed by atoms with Crippen molar-refractivity contribution in [1.82, 2.24) is 9.88 Å². The van der Waals surface area contributed by atoms with E-state index < -0.39 is 0 Å². The third-order valence-corrected chi connectivity index (χ3v) is 5.47. The largest absolute Gasteiger partial charge is 0.456 e. The van der Waals surface area contributed by atoms with E-state index in [2.05, 4.69) is 21.5 Å². The van der Waals surface area contributed by atoms with Crippen molar-refractivity contribution in [3.63, 3.8) is 0 Å². The van der Waals surface area contributed by atoms with Gasteiger partial charge in [-0.05, 0) is 87.3 Å². The van der Waals surface area contributed by atoms with E-state index >= 15 is 0 Å². The molecule has 1 fully saturated rings. The van der Waals surface area contributed by atoms with Gasteiger partial charge in [0.15, 0.2) is 0 Å². The minimum absolute atomic E-state index is 0.105. The number of piperidine rings is 1. The van der Waals surface area contributed by atoms with Crippen molar-refractivity contribution in [2.24, 2.45) is 5.92 Å². The van der Waals surface area contributed by atoms with Crippen LogP contribution in [0.4, 0.5) is 5.69 Å². The van der Waals surface area contributed by atoms with Crippen LogP contribution in [0.3, 0.4) is 0 Å². The lowest BCUT2D eigenvalue weighted by atomic mass is 9.95. The maximum Gasteiger partial charge on any atom is 0.227 e. The van der Waals surface area contributed by atoms with Gasteiger partial charge in [0, 0.05) is 17.8 Å². The first kappa shape index (κ1) is 19.7. The van der Waals surface area contributed by atoms with E-state index in [1.807, 2.05) is 48.2 Å². The van der Waals surface area contributed by atoms with Gasteiger partial charge < -0.3 is 15.0 Å². The third-order valence-electron chi connectivity index (χ3n) is 4.77. The first-order valence-corrected chi connectivity index (χ1v) is 10.8. The van der Waals surface area contributed by atoms with Crippen LogP contribution in [-0.4, -0.2) is 47.4 Å². The van der Waals surface area contributed by atoms with Crippen molar-refractivity contribution in [2.45, 2.75) is 19.3 Å². The fourth-order valence-corrected chi connectivity index (χ4v) is 3.66. The number of likely N-dealkylation sites (tertiary alicyclic amines) is 1. The van der Waals surface area contributed by atoms with Gasteiger partial charge in [0.1, 0.15) is 11.5 Å². The Bertz CT molecular complexity index is 701. The quantitative estimate of drug-likeness (QED) is 0.688. The number of nitrogens with one attached hydrogen (secondary N) is 1. The average molecular weight is 386 g/mol. The van der Waals surface area contributed by atoms with Crippen LogP contribution in [0, 0.1) is 5.92 Å². The molecule has 5 nitrogen and oxygen atoms in total. The smallest absolute Gasteiger partial charge is 0.227 e. The van der Waals surface area contributed by atoms with Crippen molar-refractivity contribution in [3.05, 3.63) is 48.8 Å². The van der Waals surface area contributed by atoms with Crippen molar-refractivity contribution in [3.8, 4) is 11.5 Å². The van der Waals surface area contributed by atoms with Gasteiger partial charge in [-0.25, -0.2) is 0 Å². The number of ether oxygens (including phenoxy) is 1. The molecule has 2 heterocycles. The van der Waals surface area contributed by atoms with E-state index in [1.165, 1.54) is 12.2 Å². The first-order chi connectivity index (χ1) is 13.2. The van der Waals surface area contributed by atoms with Gasteiger partial charge in [0.05, 0.1) is 6.20 Å². The number of benzene rings is 1. The summed E-state index contributed by atoms with van der Waals surface area (Å²) >= 11 is 1.90. The molecule has 1 aromatic carbocycles. The number of rotatable bonds is 8. The number of pyridine rings is 1. The molecular weight excluding hydrogens is 358 g/mol. The number of hydrogen-bond acceptors (Lipinski definition) is 5. The highest BCUT2D eigenvalue weighted by Crippen LogP contribution is 2.24. The first-order valence-electron chi connectivity index (χ1n) is 9.44. The van der Waals surface area contributed by atoms with Crippen LogP contribution < -0.4 is 10.1 Å².